The Morgan fingerprint density at radius 3 is 2.07 bits per heavy atom. The zero-order valence-corrected chi connectivity index (χ0v) is 33.7. The molecule has 0 aliphatic carbocycles. The summed E-state index contributed by atoms with van der Waals surface area (Å²) in [5.41, 5.74) is 1.10. The van der Waals surface area contributed by atoms with E-state index >= 15 is 8.78 Å². The van der Waals surface area contributed by atoms with Gasteiger partial charge in [0.2, 0.25) is 0 Å². The molecule has 61 heavy (non-hydrogen) atoms. The van der Waals surface area contributed by atoms with Crippen molar-refractivity contribution in [3.05, 3.63) is 167 Å². The van der Waals surface area contributed by atoms with E-state index in [0.717, 1.165) is 83.6 Å². The van der Waals surface area contributed by atoms with E-state index in [0.29, 0.717) is 18.6 Å². The summed E-state index contributed by atoms with van der Waals surface area (Å²) < 4.78 is 56.8. The zero-order valence-electron chi connectivity index (χ0n) is 33.7. The molecule has 16 heteroatoms. The van der Waals surface area contributed by atoms with Gasteiger partial charge in [0, 0.05) is 49.3 Å². The van der Waals surface area contributed by atoms with Gasteiger partial charge in [-0.1, -0.05) is 67.6 Å². The Labute approximate surface area is 350 Å². The molecule has 314 valence electrons. The minimum Gasteiger partial charge on any atom is -0.377 e. The summed E-state index contributed by atoms with van der Waals surface area (Å²) in [5, 5.41) is 26.6. The number of aromatic nitrogens is 8. The van der Waals surface area contributed by atoms with Crippen LogP contribution >= 0.6 is 0 Å². The highest BCUT2D eigenvalue weighted by Gasteiger charge is 2.57. The third kappa shape index (κ3) is 8.54. The number of aliphatic hydroxyl groups is 1. The highest BCUT2D eigenvalue weighted by atomic mass is 19.3. The number of pyridine rings is 1. The number of benzene rings is 4. The van der Waals surface area contributed by atoms with Gasteiger partial charge in [0.1, 0.15) is 24.2 Å². The molecule has 7 aromatic rings. The lowest BCUT2D eigenvalue weighted by molar-refractivity contribution is -0.206. The summed E-state index contributed by atoms with van der Waals surface area (Å²) in [6, 6.07) is 32.6. The number of tetrazole rings is 1. The van der Waals surface area contributed by atoms with Crippen LogP contribution in [0.25, 0.3) is 16.8 Å². The third-order valence-electron chi connectivity index (χ3n) is 11.4. The van der Waals surface area contributed by atoms with Crippen molar-refractivity contribution in [2.24, 2.45) is 0 Å². The first-order valence-corrected chi connectivity index (χ1v) is 20.1. The minimum absolute atomic E-state index is 0.214. The fraction of sp³-hybridized carbons (Fsp3) is 0.289. The van der Waals surface area contributed by atoms with Crippen LogP contribution in [0.5, 0.6) is 0 Å². The standard InChI is InChI=1S/C45H45F3N10O3/c1-3-41(32(2)61-28-33-8-5-4-6-9-33)58-43(59)57(31-51-58)40-19-17-39(18-20-40)55-24-22-54(23-25-55)38-15-12-34(13-16-38)35-14-21-42(49-27-35)45(47,48)44(60,29-56-30-50-52-53-56)36-10-7-11-37(46)26-36/h4-21,26-27,30-32,41,60H,3,22-25,28-29H2,1-2H3. The molecule has 1 aliphatic heterocycles. The minimum atomic E-state index is -3.96. The number of hydrogen-bond donors (Lipinski definition) is 1. The number of nitrogens with zero attached hydrogens (tertiary/aromatic N) is 10. The van der Waals surface area contributed by atoms with E-state index in [1.54, 1.807) is 10.9 Å². The summed E-state index contributed by atoms with van der Waals surface area (Å²) >= 11 is 0. The smallest absolute Gasteiger partial charge is 0.350 e. The fourth-order valence-electron chi connectivity index (χ4n) is 7.82. The van der Waals surface area contributed by atoms with Crippen LogP contribution in [0, 0.1) is 5.82 Å². The summed E-state index contributed by atoms with van der Waals surface area (Å²) in [6.45, 7) is 6.84. The van der Waals surface area contributed by atoms with E-state index in [1.807, 2.05) is 92.7 Å². The summed E-state index contributed by atoms with van der Waals surface area (Å²) in [7, 11) is 0. The number of alkyl halides is 2. The highest BCUT2D eigenvalue weighted by molar-refractivity contribution is 5.66. The topological polar surface area (TPSA) is 132 Å². The molecule has 13 nitrogen and oxygen atoms in total. The second-order valence-electron chi connectivity index (χ2n) is 15.1. The Bertz CT molecular complexity index is 2560. The van der Waals surface area contributed by atoms with Gasteiger partial charge >= 0.3 is 11.6 Å². The summed E-state index contributed by atoms with van der Waals surface area (Å²) in [6.07, 6.45) is 4.47. The molecule has 0 amide bonds. The molecule has 1 fully saturated rings. The van der Waals surface area contributed by atoms with Crippen molar-refractivity contribution in [1.29, 1.82) is 0 Å². The van der Waals surface area contributed by atoms with E-state index in [-0.39, 0.29) is 23.4 Å². The molecular formula is C45H45F3N10O3. The predicted octanol–water partition coefficient (Wildman–Crippen LogP) is 6.78. The Morgan fingerprint density at radius 1 is 0.803 bits per heavy atom. The zero-order chi connectivity index (χ0) is 42.6. The fourth-order valence-corrected chi connectivity index (χ4v) is 7.82. The van der Waals surface area contributed by atoms with Crippen LogP contribution in [0.1, 0.15) is 43.1 Å². The lowest BCUT2D eigenvalue weighted by Crippen LogP contribution is -2.47. The molecule has 3 aromatic heterocycles. The monoisotopic (exact) mass is 830 g/mol. The van der Waals surface area contributed by atoms with Crippen LogP contribution in [0.15, 0.2) is 139 Å². The van der Waals surface area contributed by atoms with Gasteiger partial charge < -0.3 is 19.6 Å². The SMILES string of the molecule is CCC(C(C)OCc1ccccc1)n1ncn(-c2ccc(N3CCN(c4ccc(-c5ccc(C(F)(F)C(O)(Cn6cnnn6)c6cccc(F)c6)nc5)cc4)CC3)cc2)c1=O. The molecular weight excluding hydrogens is 786 g/mol. The third-order valence-corrected chi connectivity index (χ3v) is 11.4. The van der Waals surface area contributed by atoms with Crippen LogP contribution in [0.4, 0.5) is 24.5 Å². The first-order chi connectivity index (χ1) is 29.5. The Hall–Kier alpha value is -6.65. The number of hydrogen-bond acceptors (Lipinski definition) is 10. The molecule has 1 saturated heterocycles. The second kappa shape index (κ2) is 17.5. The van der Waals surface area contributed by atoms with Crippen molar-refractivity contribution in [2.45, 2.75) is 57.1 Å². The average Bonchev–Trinajstić information content (AvgIpc) is 3.95. The van der Waals surface area contributed by atoms with Gasteiger partial charge in [-0.2, -0.15) is 13.9 Å². The van der Waals surface area contributed by atoms with Crippen LogP contribution in [-0.4, -0.2) is 76.9 Å². The molecule has 0 radical (unpaired) electrons. The van der Waals surface area contributed by atoms with Gasteiger partial charge in [0.15, 0.2) is 5.60 Å². The molecule has 0 saturated carbocycles. The Balaban J connectivity index is 0.881. The van der Waals surface area contributed by atoms with Gasteiger partial charge in [-0.05, 0) is 95.1 Å². The summed E-state index contributed by atoms with van der Waals surface area (Å²) in [5.74, 6) is -4.74. The predicted molar refractivity (Wildman–Crippen MR) is 224 cm³/mol. The van der Waals surface area contributed by atoms with Crippen molar-refractivity contribution >= 4 is 11.4 Å². The maximum atomic E-state index is 16.2. The Morgan fingerprint density at radius 2 is 1.46 bits per heavy atom. The van der Waals surface area contributed by atoms with Gasteiger partial charge in [-0.15, -0.1) is 5.10 Å². The Kier molecular flexibility index (Phi) is 11.8. The quantitative estimate of drug-likeness (QED) is 0.118. The van der Waals surface area contributed by atoms with Crippen LogP contribution in [-0.2, 0) is 29.4 Å². The van der Waals surface area contributed by atoms with E-state index in [4.69, 9.17) is 4.74 Å². The molecule has 3 atom stereocenters. The largest absolute Gasteiger partial charge is 0.377 e. The first-order valence-electron chi connectivity index (χ1n) is 20.1. The second-order valence-corrected chi connectivity index (χ2v) is 15.1. The highest BCUT2D eigenvalue weighted by Crippen LogP contribution is 2.46. The first kappa shape index (κ1) is 41.1. The molecule has 1 N–H and O–H groups in total. The molecule has 3 unspecified atom stereocenters. The lowest BCUT2D eigenvalue weighted by Gasteiger charge is -2.37. The molecule has 0 spiro atoms. The van der Waals surface area contributed by atoms with Gasteiger partial charge in [-0.3, -0.25) is 4.98 Å². The number of rotatable bonds is 15. The molecule has 4 heterocycles. The van der Waals surface area contributed by atoms with E-state index in [9.17, 15) is 14.3 Å². The van der Waals surface area contributed by atoms with Gasteiger partial charge in [0.05, 0.1) is 31.0 Å². The van der Waals surface area contributed by atoms with Crippen LogP contribution in [0.2, 0.25) is 0 Å². The van der Waals surface area contributed by atoms with Crippen molar-refractivity contribution < 1.29 is 23.0 Å². The van der Waals surface area contributed by atoms with E-state index in [2.05, 4.69) is 35.4 Å². The summed E-state index contributed by atoms with van der Waals surface area (Å²) in [4.78, 5) is 22.2. The number of halogens is 3. The van der Waals surface area contributed by atoms with Gasteiger partial charge in [-0.25, -0.2) is 23.1 Å². The van der Waals surface area contributed by atoms with Crippen LogP contribution < -0.4 is 15.5 Å². The normalized spacial score (nSPS) is 15.4. The van der Waals surface area contributed by atoms with E-state index < -0.39 is 29.6 Å². The molecule has 4 aromatic carbocycles. The maximum Gasteiger partial charge on any atom is 0.350 e. The number of ether oxygens (including phenoxy) is 1. The maximum absolute atomic E-state index is 16.2. The van der Waals surface area contributed by atoms with Crippen molar-refractivity contribution in [3.63, 3.8) is 0 Å². The molecule has 8 rings (SSSR count). The van der Waals surface area contributed by atoms with Crippen molar-refractivity contribution in [2.75, 3.05) is 36.0 Å². The van der Waals surface area contributed by atoms with Crippen LogP contribution in [0.3, 0.4) is 0 Å². The lowest BCUT2D eigenvalue weighted by atomic mass is 9.85. The molecule has 1 aliphatic rings. The van der Waals surface area contributed by atoms with E-state index in [1.165, 1.54) is 29.1 Å². The van der Waals surface area contributed by atoms with Crippen molar-refractivity contribution in [1.82, 2.24) is 39.5 Å². The van der Waals surface area contributed by atoms with Crippen molar-refractivity contribution in [3.8, 4) is 16.8 Å². The molecule has 0 bridgehead atoms. The average molecular weight is 831 g/mol. The van der Waals surface area contributed by atoms with Gasteiger partial charge in [0.25, 0.3) is 0 Å². The number of piperazine rings is 1. The number of anilines is 2.